The Morgan fingerprint density at radius 1 is 0.971 bits per heavy atom. The molecule has 2 aromatic carbocycles. The first-order valence-corrected chi connectivity index (χ1v) is 11.4. The molecule has 0 bridgehead atoms. The minimum absolute atomic E-state index is 0.166. The van der Waals surface area contributed by atoms with Crippen molar-refractivity contribution in [3.8, 4) is 11.8 Å². The van der Waals surface area contributed by atoms with E-state index < -0.39 is 29.8 Å². The van der Waals surface area contributed by atoms with Gasteiger partial charge in [0.25, 0.3) is 0 Å². The van der Waals surface area contributed by atoms with Gasteiger partial charge in [-0.2, -0.15) is 0 Å². The number of aliphatic hydroxyl groups excluding tert-OH is 1. The fraction of sp³-hybridized carbons (Fsp3) is 0.296. The van der Waals surface area contributed by atoms with E-state index >= 15 is 0 Å². The van der Waals surface area contributed by atoms with Crippen molar-refractivity contribution in [2.24, 2.45) is 7.05 Å². The van der Waals surface area contributed by atoms with Gasteiger partial charge in [-0.25, -0.2) is 10.2 Å². The number of carbonyl (C=O) groups excluding carboxylic acids is 1. The molecule has 2 unspecified atom stereocenters. The number of aromatic hydroxyl groups is 2. The second-order valence-electron chi connectivity index (χ2n) is 9.59. The van der Waals surface area contributed by atoms with E-state index in [4.69, 9.17) is 4.74 Å². The summed E-state index contributed by atoms with van der Waals surface area (Å²) in [6.07, 6.45) is 1.52. The zero-order chi connectivity index (χ0) is 25.3. The monoisotopic (exact) mass is 477 g/mol. The number of fused-ring (bicyclic) bond motifs is 1. The number of aromatic nitrogens is 1. The average molecular weight is 478 g/mol. The molecule has 1 amide bonds. The number of aliphatic hydroxyl groups is 1. The van der Waals surface area contributed by atoms with E-state index in [1.54, 1.807) is 32.9 Å². The van der Waals surface area contributed by atoms with E-state index in [1.165, 1.54) is 16.6 Å². The molecule has 2 atom stereocenters. The number of benzene rings is 2. The summed E-state index contributed by atoms with van der Waals surface area (Å²) in [5, 5.41) is 34.5. The lowest BCUT2D eigenvalue weighted by Crippen LogP contribution is -2.56. The molecule has 35 heavy (non-hydrogen) atoms. The van der Waals surface area contributed by atoms with Crippen LogP contribution in [0.5, 0.6) is 11.8 Å². The summed E-state index contributed by atoms with van der Waals surface area (Å²) in [5.74, 6) is -0.873. The number of hydrogen-bond acceptors (Lipinski definition) is 6. The molecule has 0 saturated heterocycles. The predicted octanol–water partition coefficient (Wildman–Crippen LogP) is 4.27. The van der Waals surface area contributed by atoms with Crippen molar-refractivity contribution in [2.45, 2.75) is 44.4 Å². The molecule has 1 aromatic heterocycles. The normalized spacial score (nSPS) is 16.2. The summed E-state index contributed by atoms with van der Waals surface area (Å²) in [6.45, 7) is 5.23. The highest BCUT2D eigenvalue weighted by Crippen LogP contribution is 2.45. The van der Waals surface area contributed by atoms with Gasteiger partial charge in [-0.1, -0.05) is 66.7 Å². The van der Waals surface area contributed by atoms with Gasteiger partial charge >= 0.3 is 6.09 Å². The predicted molar refractivity (Wildman–Crippen MR) is 134 cm³/mol. The van der Waals surface area contributed by atoms with Gasteiger partial charge in [-0.05, 0) is 38.0 Å². The van der Waals surface area contributed by atoms with Gasteiger partial charge in [0.05, 0.1) is 17.7 Å². The second kappa shape index (κ2) is 9.38. The first kappa shape index (κ1) is 24.2. The molecule has 8 heteroatoms. The molecule has 1 aliphatic rings. The van der Waals surface area contributed by atoms with Crippen molar-refractivity contribution < 1.29 is 24.9 Å². The van der Waals surface area contributed by atoms with Crippen LogP contribution in [0.2, 0.25) is 0 Å². The summed E-state index contributed by atoms with van der Waals surface area (Å²) in [7, 11) is 1.50. The van der Waals surface area contributed by atoms with Gasteiger partial charge in [0, 0.05) is 13.0 Å². The van der Waals surface area contributed by atoms with Gasteiger partial charge < -0.3 is 20.1 Å². The van der Waals surface area contributed by atoms with E-state index in [0.29, 0.717) is 5.56 Å². The molecule has 184 valence electrons. The lowest BCUT2D eigenvalue weighted by atomic mass is 9.82. The standard InChI is InChI=1S/C27H31N3O5/c1-27(2,3)35-26(34)28-30-20(16-15-19-22(30)25(33)29(4)24(19)32)23(31)21(17-11-7-5-8-12-17)18-13-9-6-10-14-18/h5-16,20-21,23,31-33H,1-4H3,(H,28,34). The van der Waals surface area contributed by atoms with E-state index in [2.05, 4.69) is 5.43 Å². The largest absolute Gasteiger partial charge is 0.494 e. The molecular weight excluding hydrogens is 446 g/mol. The zero-order valence-electron chi connectivity index (χ0n) is 20.2. The van der Waals surface area contributed by atoms with Gasteiger partial charge in [-0.3, -0.25) is 9.58 Å². The smallest absolute Gasteiger partial charge is 0.426 e. The Balaban J connectivity index is 1.79. The van der Waals surface area contributed by atoms with E-state index in [1.807, 2.05) is 60.7 Å². The van der Waals surface area contributed by atoms with Gasteiger partial charge in [0.2, 0.25) is 11.8 Å². The number of anilines is 1. The fourth-order valence-electron chi connectivity index (χ4n) is 4.39. The van der Waals surface area contributed by atoms with Crippen molar-refractivity contribution in [3.05, 3.63) is 83.4 Å². The number of rotatable bonds is 5. The Hall–Kier alpha value is -3.91. The van der Waals surface area contributed by atoms with Crippen LogP contribution in [0.15, 0.2) is 66.7 Å². The quantitative estimate of drug-likeness (QED) is 0.437. The summed E-state index contributed by atoms with van der Waals surface area (Å²) in [4.78, 5) is 12.8. The second-order valence-corrected chi connectivity index (χ2v) is 9.59. The van der Waals surface area contributed by atoms with Crippen LogP contribution in [0.4, 0.5) is 10.5 Å². The topological polar surface area (TPSA) is 107 Å². The Labute approximate surface area is 204 Å². The molecule has 0 radical (unpaired) electrons. The SMILES string of the molecule is Cn1c(O)c2c(c1O)N(NC(=O)OC(C)(C)C)C(C(O)C(c1ccccc1)c1ccccc1)C=C2. The lowest BCUT2D eigenvalue weighted by Gasteiger charge is -2.39. The molecule has 2 heterocycles. The highest BCUT2D eigenvalue weighted by atomic mass is 16.6. The highest BCUT2D eigenvalue weighted by Gasteiger charge is 2.40. The fourth-order valence-corrected chi connectivity index (χ4v) is 4.39. The summed E-state index contributed by atoms with van der Waals surface area (Å²) < 4.78 is 6.65. The van der Waals surface area contributed by atoms with Crippen molar-refractivity contribution in [1.29, 1.82) is 0 Å². The van der Waals surface area contributed by atoms with Crippen molar-refractivity contribution in [2.75, 3.05) is 5.01 Å². The summed E-state index contributed by atoms with van der Waals surface area (Å²) in [6, 6.07) is 18.4. The lowest BCUT2D eigenvalue weighted by molar-refractivity contribution is 0.0499. The Morgan fingerprint density at radius 2 is 1.51 bits per heavy atom. The Bertz CT molecular complexity index is 1180. The number of ether oxygens (including phenoxy) is 1. The molecule has 0 aliphatic carbocycles. The minimum Gasteiger partial charge on any atom is -0.494 e. The number of nitrogens with one attached hydrogen (secondary N) is 1. The molecule has 4 N–H and O–H groups in total. The van der Waals surface area contributed by atoms with Crippen LogP contribution in [0.25, 0.3) is 6.08 Å². The van der Waals surface area contributed by atoms with Crippen molar-refractivity contribution in [3.63, 3.8) is 0 Å². The number of hydrazine groups is 1. The third kappa shape index (κ3) is 4.83. The zero-order valence-corrected chi connectivity index (χ0v) is 20.2. The molecule has 0 saturated carbocycles. The van der Waals surface area contributed by atoms with Crippen molar-refractivity contribution in [1.82, 2.24) is 9.99 Å². The third-order valence-corrected chi connectivity index (χ3v) is 5.96. The van der Waals surface area contributed by atoms with Gasteiger partial charge in [0.1, 0.15) is 11.3 Å². The molecular formula is C27H31N3O5. The highest BCUT2D eigenvalue weighted by molar-refractivity contribution is 5.83. The number of hydrogen-bond donors (Lipinski definition) is 4. The summed E-state index contributed by atoms with van der Waals surface area (Å²) in [5.41, 5.74) is 4.19. The first-order chi connectivity index (χ1) is 16.6. The van der Waals surface area contributed by atoms with Crippen molar-refractivity contribution >= 4 is 17.9 Å². The van der Waals surface area contributed by atoms with E-state index in [0.717, 1.165) is 11.1 Å². The number of amides is 1. The van der Waals surface area contributed by atoms with Crippen LogP contribution >= 0.6 is 0 Å². The van der Waals surface area contributed by atoms with Crippen LogP contribution in [0, 0.1) is 0 Å². The van der Waals surface area contributed by atoms with Crippen LogP contribution in [-0.4, -0.2) is 43.7 Å². The average Bonchev–Trinajstić information content (AvgIpc) is 3.04. The maximum Gasteiger partial charge on any atom is 0.426 e. The first-order valence-electron chi connectivity index (χ1n) is 11.4. The van der Waals surface area contributed by atoms with Crippen LogP contribution < -0.4 is 10.4 Å². The third-order valence-electron chi connectivity index (χ3n) is 5.96. The Kier molecular flexibility index (Phi) is 6.49. The van der Waals surface area contributed by atoms with Crippen LogP contribution in [0.1, 0.15) is 43.4 Å². The van der Waals surface area contributed by atoms with E-state index in [9.17, 15) is 20.1 Å². The van der Waals surface area contributed by atoms with Crippen LogP contribution in [-0.2, 0) is 11.8 Å². The maximum absolute atomic E-state index is 12.8. The molecule has 1 aliphatic heterocycles. The number of nitrogens with zero attached hydrogens (tertiary/aromatic N) is 2. The van der Waals surface area contributed by atoms with Crippen LogP contribution in [0.3, 0.4) is 0 Å². The van der Waals surface area contributed by atoms with Gasteiger partial charge in [-0.15, -0.1) is 0 Å². The van der Waals surface area contributed by atoms with E-state index in [-0.39, 0.29) is 17.4 Å². The van der Waals surface area contributed by atoms with Gasteiger partial charge in [0.15, 0.2) is 0 Å². The molecule has 3 aromatic rings. The number of carbonyl (C=O) groups is 1. The Morgan fingerprint density at radius 3 is 2.03 bits per heavy atom. The molecule has 0 spiro atoms. The minimum atomic E-state index is -1.05. The molecule has 4 rings (SSSR count). The molecule has 0 fully saturated rings. The maximum atomic E-state index is 12.8. The summed E-state index contributed by atoms with van der Waals surface area (Å²) >= 11 is 0. The molecule has 8 nitrogen and oxygen atoms in total.